The molecule has 136 valence electrons. The number of benzene rings is 2. The van der Waals surface area contributed by atoms with Crippen molar-refractivity contribution in [2.24, 2.45) is 0 Å². The molecular formula is C20H23N3O3. The average Bonchev–Trinajstić information content (AvgIpc) is 3.11. The number of methoxy groups -OCH3 is 1. The Morgan fingerprint density at radius 2 is 1.85 bits per heavy atom. The lowest BCUT2D eigenvalue weighted by Gasteiger charge is -2.14. The number of nitrogens with zero attached hydrogens (tertiary/aromatic N) is 3. The van der Waals surface area contributed by atoms with Crippen LogP contribution in [0.25, 0.3) is 11.4 Å². The van der Waals surface area contributed by atoms with E-state index < -0.39 is 0 Å². The Kier molecular flexibility index (Phi) is 5.86. The number of aryl methyl sites for hydroxylation is 1. The fraction of sp³-hybridized carbons (Fsp3) is 0.300. The van der Waals surface area contributed by atoms with E-state index in [2.05, 4.69) is 15.0 Å². The second kappa shape index (κ2) is 8.49. The van der Waals surface area contributed by atoms with E-state index in [1.165, 1.54) is 5.56 Å². The highest BCUT2D eigenvalue weighted by Crippen LogP contribution is 2.18. The predicted octanol–water partition coefficient (Wildman–Crippen LogP) is 3.56. The summed E-state index contributed by atoms with van der Waals surface area (Å²) in [4.78, 5) is 6.55. The molecule has 0 spiro atoms. The van der Waals surface area contributed by atoms with E-state index >= 15 is 0 Å². The minimum Gasteiger partial charge on any atom is -0.497 e. The molecular weight excluding hydrogens is 330 g/mol. The van der Waals surface area contributed by atoms with Gasteiger partial charge in [-0.15, -0.1) is 0 Å². The molecule has 0 bridgehead atoms. The van der Waals surface area contributed by atoms with E-state index in [-0.39, 0.29) is 0 Å². The number of hydrogen-bond donors (Lipinski definition) is 0. The average molecular weight is 353 g/mol. The lowest BCUT2D eigenvalue weighted by atomic mass is 10.1. The summed E-state index contributed by atoms with van der Waals surface area (Å²) in [5.41, 5.74) is 2.13. The standard InChI is InChI=1S/C20H23N3O3/c1-15-5-4-6-16(13-15)20-21-19(26-22-20)14-23(2)11-12-25-18-9-7-17(24-3)8-10-18/h4-10,13H,11-12,14H2,1-3H3. The van der Waals surface area contributed by atoms with Gasteiger partial charge in [0.2, 0.25) is 11.7 Å². The molecule has 3 aromatic rings. The smallest absolute Gasteiger partial charge is 0.241 e. The SMILES string of the molecule is COc1ccc(OCCN(C)Cc2nc(-c3cccc(C)c3)no2)cc1. The van der Waals surface area contributed by atoms with Gasteiger partial charge in [-0.2, -0.15) is 4.98 Å². The Balaban J connectivity index is 1.48. The molecule has 1 heterocycles. The second-order valence-electron chi connectivity index (χ2n) is 6.14. The first-order valence-electron chi connectivity index (χ1n) is 8.49. The molecule has 0 atom stereocenters. The van der Waals surface area contributed by atoms with Gasteiger partial charge in [0, 0.05) is 12.1 Å². The summed E-state index contributed by atoms with van der Waals surface area (Å²) in [7, 11) is 3.64. The molecule has 0 fully saturated rings. The third kappa shape index (κ3) is 4.83. The van der Waals surface area contributed by atoms with Crippen molar-refractivity contribution in [3.63, 3.8) is 0 Å². The van der Waals surface area contributed by atoms with E-state index in [0.29, 0.717) is 24.9 Å². The molecule has 6 nitrogen and oxygen atoms in total. The number of likely N-dealkylation sites (N-methyl/N-ethyl adjacent to an activating group) is 1. The van der Waals surface area contributed by atoms with Gasteiger partial charge in [0.05, 0.1) is 13.7 Å². The Labute approximate surface area is 153 Å². The van der Waals surface area contributed by atoms with Crippen LogP contribution in [0.3, 0.4) is 0 Å². The highest BCUT2D eigenvalue weighted by atomic mass is 16.5. The van der Waals surface area contributed by atoms with Crippen LogP contribution in [-0.4, -0.2) is 42.3 Å². The van der Waals surface area contributed by atoms with Crippen LogP contribution in [0.15, 0.2) is 53.1 Å². The molecule has 0 radical (unpaired) electrons. The molecule has 6 heteroatoms. The van der Waals surface area contributed by atoms with Crippen molar-refractivity contribution < 1.29 is 14.0 Å². The zero-order valence-electron chi connectivity index (χ0n) is 15.3. The molecule has 1 aromatic heterocycles. The molecule has 3 rings (SSSR count). The topological polar surface area (TPSA) is 60.6 Å². The Morgan fingerprint density at radius 3 is 2.58 bits per heavy atom. The number of rotatable bonds is 8. The third-order valence-corrected chi connectivity index (χ3v) is 3.95. The summed E-state index contributed by atoms with van der Waals surface area (Å²) in [5, 5.41) is 4.07. The molecule has 0 unspecified atom stereocenters. The van der Waals surface area contributed by atoms with Crippen molar-refractivity contribution in [1.82, 2.24) is 15.0 Å². The van der Waals surface area contributed by atoms with Crippen LogP contribution >= 0.6 is 0 Å². The summed E-state index contributed by atoms with van der Waals surface area (Å²) in [6, 6.07) is 15.6. The summed E-state index contributed by atoms with van der Waals surface area (Å²) in [6.45, 7) is 3.93. The van der Waals surface area contributed by atoms with Gasteiger partial charge >= 0.3 is 0 Å². The van der Waals surface area contributed by atoms with E-state index in [4.69, 9.17) is 14.0 Å². The summed E-state index contributed by atoms with van der Waals surface area (Å²) in [6.07, 6.45) is 0. The molecule has 0 N–H and O–H groups in total. The van der Waals surface area contributed by atoms with Gasteiger partial charge < -0.3 is 14.0 Å². The molecule has 26 heavy (non-hydrogen) atoms. The first kappa shape index (κ1) is 17.9. The highest BCUT2D eigenvalue weighted by molar-refractivity contribution is 5.55. The molecule has 0 saturated carbocycles. The lowest BCUT2D eigenvalue weighted by molar-refractivity contribution is 0.212. The van der Waals surface area contributed by atoms with Crippen LogP contribution in [-0.2, 0) is 6.54 Å². The molecule has 0 saturated heterocycles. The van der Waals surface area contributed by atoms with Crippen molar-refractivity contribution in [2.75, 3.05) is 27.3 Å². The van der Waals surface area contributed by atoms with Gasteiger partial charge in [-0.1, -0.05) is 28.9 Å². The number of ether oxygens (including phenoxy) is 2. The van der Waals surface area contributed by atoms with Gasteiger partial charge in [-0.3, -0.25) is 4.90 Å². The van der Waals surface area contributed by atoms with E-state index in [1.54, 1.807) is 7.11 Å². The fourth-order valence-electron chi connectivity index (χ4n) is 2.52. The van der Waals surface area contributed by atoms with E-state index in [9.17, 15) is 0 Å². The van der Waals surface area contributed by atoms with Crippen molar-refractivity contribution in [2.45, 2.75) is 13.5 Å². The summed E-state index contributed by atoms with van der Waals surface area (Å²) in [5.74, 6) is 2.84. The quantitative estimate of drug-likeness (QED) is 0.617. The van der Waals surface area contributed by atoms with Crippen molar-refractivity contribution in [1.29, 1.82) is 0 Å². The minimum atomic E-state index is 0.571. The first-order chi connectivity index (χ1) is 12.6. The summed E-state index contributed by atoms with van der Waals surface area (Å²) >= 11 is 0. The monoisotopic (exact) mass is 353 g/mol. The molecule has 0 aliphatic rings. The van der Waals surface area contributed by atoms with Crippen molar-refractivity contribution in [3.8, 4) is 22.9 Å². The van der Waals surface area contributed by atoms with Crippen molar-refractivity contribution in [3.05, 3.63) is 60.0 Å². The van der Waals surface area contributed by atoms with Crippen LogP contribution in [0.4, 0.5) is 0 Å². The number of hydrogen-bond acceptors (Lipinski definition) is 6. The van der Waals surface area contributed by atoms with Gasteiger partial charge in [0.25, 0.3) is 0 Å². The molecule has 0 aliphatic carbocycles. The maximum absolute atomic E-state index is 5.74. The fourth-order valence-corrected chi connectivity index (χ4v) is 2.52. The molecule has 0 aliphatic heterocycles. The van der Waals surface area contributed by atoms with Crippen LogP contribution < -0.4 is 9.47 Å². The molecule has 2 aromatic carbocycles. The normalized spacial score (nSPS) is 10.9. The van der Waals surface area contributed by atoms with Crippen LogP contribution in [0.1, 0.15) is 11.5 Å². The molecule has 0 amide bonds. The maximum Gasteiger partial charge on any atom is 0.241 e. The van der Waals surface area contributed by atoms with Gasteiger partial charge in [-0.25, -0.2) is 0 Å². The van der Waals surface area contributed by atoms with Crippen LogP contribution in [0.5, 0.6) is 11.5 Å². The van der Waals surface area contributed by atoms with Crippen molar-refractivity contribution >= 4 is 0 Å². The van der Waals surface area contributed by atoms with Gasteiger partial charge in [-0.05, 0) is 44.3 Å². The minimum absolute atomic E-state index is 0.571. The van der Waals surface area contributed by atoms with Crippen LogP contribution in [0.2, 0.25) is 0 Å². The Hall–Kier alpha value is -2.86. The summed E-state index contributed by atoms with van der Waals surface area (Å²) < 4.78 is 16.2. The van der Waals surface area contributed by atoms with Gasteiger partial charge in [0.1, 0.15) is 18.1 Å². The Bertz CT molecular complexity index is 830. The van der Waals surface area contributed by atoms with Crippen LogP contribution in [0, 0.1) is 6.92 Å². The lowest BCUT2D eigenvalue weighted by Crippen LogP contribution is -2.24. The predicted molar refractivity (Wildman–Crippen MR) is 99.3 cm³/mol. The first-order valence-corrected chi connectivity index (χ1v) is 8.49. The zero-order valence-corrected chi connectivity index (χ0v) is 15.3. The van der Waals surface area contributed by atoms with E-state index in [0.717, 1.165) is 23.6 Å². The zero-order chi connectivity index (χ0) is 18.4. The third-order valence-electron chi connectivity index (χ3n) is 3.95. The number of aromatic nitrogens is 2. The highest BCUT2D eigenvalue weighted by Gasteiger charge is 2.11. The van der Waals surface area contributed by atoms with Gasteiger partial charge in [0.15, 0.2) is 0 Å². The van der Waals surface area contributed by atoms with E-state index in [1.807, 2.05) is 62.5 Å². The maximum atomic E-state index is 5.74. The largest absolute Gasteiger partial charge is 0.497 e. The Morgan fingerprint density at radius 1 is 1.08 bits per heavy atom. The second-order valence-corrected chi connectivity index (χ2v) is 6.14.